The lowest BCUT2D eigenvalue weighted by molar-refractivity contribution is 0.194. The van der Waals surface area contributed by atoms with Crippen molar-refractivity contribution in [2.75, 3.05) is 20.5 Å². The summed E-state index contributed by atoms with van der Waals surface area (Å²) in [4.78, 5) is 0.975. The molecular weight excluding hydrogens is 224 g/mol. The maximum Gasteiger partial charge on any atom is 0.139 e. The summed E-state index contributed by atoms with van der Waals surface area (Å²) < 4.78 is 10.7. The van der Waals surface area contributed by atoms with E-state index in [0.717, 1.165) is 22.0 Å². The standard InChI is InChI=1S/C12H18O3S/c1-8(13)7-9-5-6-10(14-2)12(16-4)11(9)15-3/h5-6,8,13H,7H2,1-4H3. The van der Waals surface area contributed by atoms with Crippen LogP contribution in [0.3, 0.4) is 0 Å². The smallest absolute Gasteiger partial charge is 0.139 e. The molecule has 0 fully saturated rings. The van der Waals surface area contributed by atoms with Crippen LogP contribution >= 0.6 is 11.8 Å². The fourth-order valence-corrected chi connectivity index (χ4v) is 2.39. The second-order valence-corrected chi connectivity index (χ2v) is 4.36. The van der Waals surface area contributed by atoms with E-state index in [1.807, 2.05) is 18.4 Å². The summed E-state index contributed by atoms with van der Waals surface area (Å²) in [5.74, 6) is 1.60. The molecule has 16 heavy (non-hydrogen) atoms. The van der Waals surface area contributed by atoms with Gasteiger partial charge in [0.25, 0.3) is 0 Å². The van der Waals surface area contributed by atoms with Crippen molar-refractivity contribution in [1.82, 2.24) is 0 Å². The van der Waals surface area contributed by atoms with Crippen LogP contribution in [0.4, 0.5) is 0 Å². The second-order valence-electron chi connectivity index (χ2n) is 3.55. The third-order valence-corrected chi connectivity index (χ3v) is 3.10. The average Bonchev–Trinajstić information content (AvgIpc) is 2.27. The highest BCUT2D eigenvalue weighted by Crippen LogP contribution is 2.39. The molecule has 0 aromatic heterocycles. The predicted octanol–water partition coefficient (Wildman–Crippen LogP) is 2.35. The van der Waals surface area contributed by atoms with Gasteiger partial charge in [-0.05, 0) is 24.8 Å². The Morgan fingerprint density at radius 2 is 2.00 bits per heavy atom. The lowest BCUT2D eigenvalue weighted by Crippen LogP contribution is -2.06. The van der Waals surface area contributed by atoms with Crippen LogP contribution < -0.4 is 9.47 Å². The molecule has 0 aliphatic heterocycles. The van der Waals surface area contributed by atoms with Crippen LogP contribution in [0.1, 0.15) is 12.5 Å². The second kappa shape index (κ2) is 6.01. The van der Waals surface area contributed by atoms with Crippen molar-refractivity contribution in [1.29, 1.82) is 0 Å². The minimum Gasteiger partial charge on any atom is -0.495 e. The fourth-order valence-electron chi connectivity index (χ4n) is 1.64. The van der Waals surface area contributed by atoms with Gasteiger partial charge in [-0.2, -0.15) is 0 Å². The lowest BCUT2D eigenvalue weighted by Gasteiger charge is -2.16. The lowest BCUT2D eigenvalue weighted by atomic mass is 10.1. The number of benzene rings is 1. The molecule has 0 bridgehead atoms. The van der Waals surface area contributed by atoms with Crippen LogP contribution in [0.25, 0.3) is 0 Å². The first-order valence-electron chi connectivity index (χ1n) is 5.10. The van der Waals surface area contributed by atoms with Gasteiger partial charge in [0.15, 0.2) is 0 Å². The molecule has 0 saturated heterocycles. The Balaban J connectivity index is 3.20. The zero-order chi connectivity index (χ0) is 12.1. The van der Waals surface area contributed by atoms with Crippen molar-refractivity contribution < 1.29 is 14.6 Å². The van der Waals surface area contributed by atoms with E-state index >= 15 is 0 Å². The molecule has 0 aliphatic rings. The molecule has 4 heteroatoms. The quantitative estimate of drug-likeness (QED) is 0.804. The first kappa shape index (κ1) is 13.2. The van der Waals surface area contributed by atoms with Gasteiger partial charge in [-0.15, -0.1) is 11.8 Å². The van der Waals surface area contributed by atoms with Gasteiger partial charge in [-0.1, -0.05) is 6.07 Å². The summed E-state index contributed by atoms with van der Waals surface area (Å²) in [6, 6.07) is 3.84. The molecule has 0 aliphatic carbocycles. The summed E-state index contributed by atoms with van der Waals surface area (Å²) in [6.45, 7) is 1.77. The van der Waals surface area contributed by atoms with E-state index in [1.54, 1.807) is 32.9 Å². The van der Waals surface area contributed by atoms with Crippen LogP contribution in [0.2, 0.25) is 0 Å². The minimum absolute atomic E-state index is 0.378. The van der Waals surface area contributed by atoms with Gasteiger partial charge in [-0.25, -0.2) is 0 Å². The SMILES string of the molecule is COc1ccc(CC(C)O)c(OC)c1SC. The average molecular weight is 242 g/mol. The van der Waals surface area contributed by atoms with Gasteiger partial charge in [0.1, 0.15) is 11.5 Å². The molecule has 0 saturated carbocycles. The van der Waals surface area contributed by atoms with Gasteiger partial charge in [-0.3, -0.25) is 0 Å². The Bertz CT molecular complexity index is 350. The Kier molecular flexibility index (Phi) is 4.96. The predicted molar refractivity (Wildman–Crippen MR) is 66.7 cm³/mol. The number of hydrogen-bond donors (Lipinski definition) is 1. The molecule has 1 aromatic carbocycles. The van der Waals surface area contributed by atoms with E-state index < -0.39 is 0 Å². The van der Waals surface area contributed by atoms with E-state index in [4.69, 9.17) is 9.47 Å². The van der Waals surface area contributed by atoms with Crippen molar-refractivity contribution >= 4 is 11.8 Å². The van der Waals surface area contributed by atoms with Crippen LogP contribution in [0.5, 0.6) is 11.5 Å². The number of aliphatic hydroxyl groups is 1. The first-order valence-corrected chi connectivity index (χ1v) is 6.32. The monoisotopic (exact) mass is 242 g/mol. The molecule has 1 unspecified atom stereocenters. The topological polar surface area (TPSA) is 38.7 Å². The summed E-state index contributed by atoms with van der Waals surface area (Å²) >= 11 is 1.58. The third-order valence-electron chi connectivity index (χ3n) is 2.30. The number of rotatable bonds is 5. The van der Waals surface area contributed by atoms with E-state index in [-0.39, 0.29) is 6.10 Å². The van der Waals surface area contributed by atoms with Gasteiger partial charge in [0, 0.05) is 6.42 Å². The first-order chi connectivity index (χ1) is 7.63. The number of aliphatic hydroxyl groups excluding tert-OH is 1. The molecule has 0 radical (unpaired) electrons. The molecule has 0 heterocycles. The van der Waals surface area contributed by atoms with Crippen LogP contribution in [-0.2, 0) is 6.42 Å². The summed E-state index contributed by atoms with van der Waals surface area (Å²) in [6.07, 6.45) is 2.18. The Morgan fingerprint density at radius 1 is 1.31 bits per heavy atom. The summed E-state index contributed by atoms with van der Waals surface area (Å²) in [7, 11) is 3.28. The molecule has 3 nitrogen and oxygen atoms in total. The molecule has 1 aromatic rings. The maximum absolute atomic E-state index is 9.42. The molecule has 1 N–H and O–H groups in total. The van der Waals surface area contributed by atoms with Crippen molar-refractivity contribution in [3.05, 3.63) is 17.7 Å². The molecule has 0 amide bonds. The van der Waals surface area contributed by atoms with Crippen molar-refractivity contribution in [3.63, 3.8) is 0 Å². The van der Waals surface area contributed by atoms with Gasteiger partial charge in [0.2, 0.25) is 0 Å². The van der Waals surface area contributed by atoms with Gasteiger partial charge in [0.05, 0.1) is 25.2 Å². The summed E-state index contributed by atoms with van der Waals surface area (Å²) in [5, 5.41) is 9.42. The zero-order valence-corrected chi connectivity index (χ0v) is 10.9. The molecular formula is C12H18O3S. The highest BCUT2D eigenvalue weighted by atomic mass is 32.2. The highest BCUT2D eigenvalue weighted by molar-refractivity contribution is 7.98. The third kappa shape index (κ3) is 2.83. The Hall–Kier alpha value is -0.870. The van der Waals surface area contributed by atoms with Gasteiger partial charge >= 0.3 is 0 Å². The maximum atomic E-state index is 9.42. The van der Waals surface area contributed by atoms with E-state index in [2.05, 4.69) is 0 Å². The number of hydrogen-bond acceptors (Lipinski definition) is 4. The van der Waals surface area contributed by atoms with Crippen LogP contribution in [0.15, 0.2) is 17.0 Å². The minimum atomic E-state index is -0.378. The van der Waals surface area contributed by atoms with Crippen LogP contribution in [0, 0.1) is 0 Å². The van der Waals surface area contributed by atoms with E-state index in [9.17, 15) is 5.11 Å². The normalized spacial score (nSPS) is 12.3. The number of ether oxygens (including phenoxy) is 2. The molecule has 1 atom stereocenters. The summed E-state index contributed by atoms with van der Waals surface area (Å²) in [5.41, 5.74) is 1.00. The Morgan fingerprint density at radius 3 is 2.44 bits per heavy atom. The zero-order valence-electron chi connectivity index (χ0n) is 10.1. The largest absolute Gasteiger partial charge is 0.495 e. The highest BCUT2D eigenvalue weighted by Gasteiger charge is 2.15. The fraction of sp³-hybridized carbons (Fsp3) is 0.500. The van der Waals surface area contributed by atoms with E-state index in [0.29, 0.717) is 6.42 Å². The van der Waals surface area contributed by atoms with Gasteiger partial charge < -0.3 is 14.6 Å². The molecule has 0 spiro atoms. The number of methoxy groups -OCH3 is 2. The van der Waals surface area contributed by atoms with Crippen molar-refractivity contribution in [2.24, 2.45) is 0 Å². The Labute approximate surface area is 101 Å². The van der Waals surface area contributed by atoms with Crippen molar-refractivity contribution in [3.8, 4) is 11.5 Å². The van der Waals surface area contributed by atoms with Crippen LogP contribution in [-0.4, -0.2) is 31.7 Å². The van der Waals surface area contributed by atoms with E-state index in [1.165, 1.54) is 0 Å². The van der Waals surface area contributed by atoms with Crippen molar-refractivity contribution in [2.45, 2.75) is 24.3 Å². The molecule has 1 rings (SSSR count). The molecule has 90 valence electrons. The number of thioether (sulfide) groups is 1.